The van der Waals surface area contributed by atoms with Gasteiger partial charge in [0.15, 0.2) is 0 Å². The summed E-state index contributed by atoms with van der Waals surface area (Å²) in [5.41, 5.74) is 2.46. The van der Waals surface area contributed by atoms with Gasteiger partial charge in [0.2, 0.25) is 0 Å². The van der Waals surface area contributed by atoms with Crippen LogP contribution >= 0.6 is 7.37 Å². The summed E-state index contributed by atoms with van der Waals surface area (Å²) in [5.74, 6) is 0. The highest BCUT2D eigenvalue weighted by atomic mass is 31.2. The number of amides is 2. The molecule has 0 radical (unpaired) electrons. The van der Waals surface area contributed by atoms with Gasteiger partial charge in [0.25, 0.3) is 5.52 Å². The third-order valence-corrected chi connectivity index (χ3v) is 7.77. The van der Waals surface area contributed by atoms with Crippen molar-refractivity contribution in [3.8, 4) is 0 Å². The van der Waals surface area contributed by atoms with Crippen molar-refractivity contribution in [1.29, 1.82) is 0 Å². The van der Waals surface area contributed by atoms with Crippen molar-refractivity contribution in [2.45, 2.75) is 157 Å². The molecule has 7 heteroatoms. The smallest absolute Gasteiger partial charge is 0.319 e. The van der Waals surface area contributed by atoms with Crippen molar-refractivity contribution in [3.05, 3.63) is 58.7 Å². The maximum absolute atomic E-state index is 13.8. The summed E-state index contributed by atoms with van der Waals surface area (Å²) in [7, 11) is -3.80. The summed E-state index contributed by atoms with van der Waals surface area (Å²) in [6, 6.07) is 10.1. The average Bonchev–Trinajstić information content (AvgIpc) is 2.77. The second-order valence-electron chi connectivity index (χ2n) is 7.94. The van der Waals surface area contributed by atoms with Crippen LogP contribution in [0.1, 0.15) is 163 Å². The molecule has 278 valence electrons. The van der Waals surface area contributed by atoms with Crippen molar-refractivity contribution >= 4 is 29.9 Å². The molecular weight excluding hydrogens is 579 g/mol. The number of hydrogen-bond acceptors (Lipinski definition) is 4. The molecule has 0 saturated heterocycles. The van der Waals surface area contributed by atoms with Crippen molar-refractivity contribution in [2.75, 3.05) is 18.5 Å². The van der Waals surface area contributed by atoms with Gasteiger partial charge in [0, 0.05) is 23.1 Å². The first-order valence-electron chi connectivity index (χ1n) is 11.3. The van der Waals surface area contributed by atoms with Crippen molar-refractivity contribution < 1.29 is 18.7 Å². The van der Waals surface area contributed by atoms with E-state index in [9.17, 15) is 14.2 Å². The molecule has 0 heterocycles. The Labute approximate surface area is 287 Å². The average molecular weight is 667 g/mol. The normalized spacial score (nSPS) is 9.09. The van der Waals surface area contributed by atoms with E-state index in [0.717, 1.165) is 31.2 Å². The van der Waals surface area contributed by atoms with Gasteiger partial charge in [-0.2, -0.15) is 0 Å². The molecule has 2 aromatic rings. The largest absolute Gasteiger partial charge is 0.338 e. The summed E-state index contributed by atoms with van der Waals surface area (Å²) in [4.78, 5) is 26.1. The lowest BCUT2D eigenvalue weighted by Gasteiger charge is -2.22. The number of aryl methyl sites for hydroxylation is 2. The van der Waals surface area contributed by atoms with E-state index in [4.69, 9.17) is 4.52 Å². The molecule has 1 atom stereocenters. The second-order valence-corrected chi connectivity index (χ2v) is 10.2. The van der Waals surface area contributed by atoms with Crippen LogP contribution in [0.5, 0.6) is 0 Å². The topological polar surface area (TPSA) is 84.5 Å². The van der Waals surface area contributed by atoms with Crippen LogP contribution in [0.2, 0.25) is 0 Å². The third-order valence-electron chi connectivity index (χ3n) is 5.41. The lowest BCUT2D eigenvalue weighted by molar-refractivity contribution is 0.105. The number of rotatable bonds is 11. The van der Waals surface area contributed by atoms with Crippen molar-refractivity contribution in [3.63, 3.8) is 0 Å². The molecule has 0 fully saturated rings. The molecule has 2 N–H and O–H groups in total. The molecule has 2 aromatic carbocycles. The summed E-state index contributed by atoms with van der Waals surface area (Å²) in [6.45, 7) is 10.1. The molecule has 0 aliphatic carbocycles. The zero-order valence-electron chi connectivity index (χ0n) is 19.8. The SMILES string of the molecule is C.C.C.C.C.C.C.C.C.C.C.C.C.CCCCCCNC(=O)Nc1c(C)cc(C)c(C(=O)P(=O)(OCC)c2ccccc2)c1C. The molecule has 2 amide bonds. The zero-order valence-corrected chi connectivity index (χ0v) is 20.7. The lowest BCUT2D eigenvalue weighted by atomic mass is 9.98. The highest BCUT2D eigenvalue weighted by Crippen LogP contribution is 2.50. The molecule has 0 bridgehead atoms. The maximum Gasteiger partial charge on any atom is 0.319 e. The highest BCUT2D eigenvalue weighted by Gasteiger charge is 2.38. The Kier molecular flexibility index (Phi) is 66.0. The monoisotopic (exact) mass is 667 g/mol. The van der Waals surface area contributed by atoms with Crippen LogP contribution in [0.25, 0.3) is 0 Å². The standard InChI is InChI=1S/C25H35N2O4P.13CH4/c1-6-8-9-13-16-26-25(29)27-23-19(4)17-18(3)22(20(23)5)24(28)32(30,31-7-2)21-14-11-10-12-15-21;;;;;;;;;;;;;/h10-12,14-15,17H,6-9,13,16H2,1-5H3,(H2,26,27,29);13*1H4. The first kappa shape index (κ1) is 78.7. The zero-order chi connectivity index (χ0) is 23.7. The number of carbonyl (C=O) groups is 2. The molecule has 0 saturated carbocycles. The Balaban J connectivity index is -0.0000000838. The molecular formula is C38H87N2O4P. The Hall–Kier alpha value is -2.43. The van der Waals surface area contributed by atoms with Gasteiger partial charge in [-0.15, -0.1) is 0 Å². The molecule has 0 aliphatic rings. The fraction of sp³-hybridized carbons (Fsp3) is 0.632. The predicted molar refractivity (Wildman–Crippen MR) is 219 cm³/mol. The number of unbranched alkanes of at least 4 members (excludes halogenated alkanes) is 3. The summed E-state index contributed by atoms with van der Waals surface area (Å²) >= 11 is 0. The Morgan fingerprint density at radius 2 is 1.20 bits per heavy atom. The quantitative estimate of drug-likeness (QED) is 0.185. The molecule has 6 nitrogen and oxygen atoms in total. The number of nitrogens with one attached hydrogen (secondary N) is 2. The van der Waals surface area contributed by atoms with Gasteiger partial charge in [-0.25, -0.2) is 4.79 Å². The molecule has 1 unspecified atom stereocenters. The summed E-state index contributed by atoms with van der Waals surface area (Å²) < 4.78 is 19.4. The number of urea groups is 1. The first-order chi connectivity index (χ1) is 15.3. The number of carbonyl (C=O) groups excluding carboxylic acids is 2. The van der Waals surface area contributed by atoms with Crippen LogP contribution in [0.3, 0.4) is 0 Å². The van der Waals surface area contributed by atoms with Gasteiger partial charge in [-0.3, -0.25) is 9.36 Å². The van der Waals surface area contributed by atoms with E-state index < -0.39 is 12.9 Å². The first-order valence-corrected chi connectivity index (χ1v) is 12.9. The predicted octanol–water partition coefficient (Wildman–Crippen LogP) is 14.4. The van der Waals surface area contributed by atoms with Crippen LogP contribution in [0, 0.1) is 20.8 Å². The number of benzene rings is 2. The fourth-order valence-electron chi connectivity index (χ4n) is 3.82. The van der Waals surface area contributed by atoms with E-state index in [1.54, 1.807) is 44.2 Å². The molecule has 0 spiro atoms. The Morgan fingerprint density at radius 3 is 1.64 bits per heavy atom. The van der Waals surface area contributed by atoms with Crippen molar-refractivity contribution in [1.82, 2.24) is 5.32 Å². The lowest BCUT2D eigenvalue weighted by Crippen LogP contribution is -2.30. The molecule has 0 aliphatic heterocycles. The minimum Gasteiger partial charge on any atom is -0.338 e. The maximum atomic E-state index is 13.8. The summed E-state index contributed by atoms with van der Waals surface area (Å²) in [6.07, 6.45) is 4.28. The highest BCUT2D eigenvalue weighted by molar-refractivity contribution is 7.83. The van der Waals surface area contributed by atoms with E-state index in [1.165, 1.54) is 0 Å². The molecule has 0 aromatic heterocycles. The number of hydrogen-bond donors (Lipinski definition) is 2. The Morgan fingerprint density at radius 1 is 0.711 bits per heavy atom. The van der Waals surface area contributed by atoms with Gasteiger partial charge < -0.3 is 15.2 Å². The minimum atomic E-state index is -3.80. The van der Waals surface area contributed by atoms with Crippen molar-refractivity contribution in [2.24, 2.45) is 0 Å². The molecule has 2 rings (SSSR count). The van der Waals surface area contributed by atoms with Crippen LogP contribution in [0.4, 0.5) is 10.5 Å². The van der Waals surface area contributed by atoms with Crippen LogP contribution in [0.15, 0.2) is 36.4 Å². The van der Waals surface area contributed by atoms with Gasteiger partial charge in [0.1, 0.15) is 0 Å². The minimum absolute atomic E-state index is 0. The van der Waals surface area contributed by atoms with Crippen LogP contribution < -0.4 is 15.9 Å². The van der Waals surface area contributed by atoms with Gasteiger partial charge in [-0.05, 0) is 62.9 Å². The second kappa shape index (κ2) is 37.8. The van der Waals surface area contributed by atoms with E-state index in [2.05, 4.69) is 17.6 Å². The van der Waals surface area contributed by atoms with Gasteiger partial charge in [0.05, 0.1) is 6.61 Å². The molecule has 45 heavy (non-hydrogen) atoms. The van der Waals surface area contributed by atoms with E-state index >= 15 is 0 Å². The van der Waals surface area contributed by atoms with E-state index in [0.29, 0.717) is 34.2 Å². The van der Waals surface area contributed by atoms with E-state index in [1.807, 2.05) is 19.9 Å². The number of anilines is 1. The van der Waals surface area contributed by atoms with Crippen LogP contribution in [-0.2, 0) is 9.09 Å². The van der Waals surface area contributed by atoms with Gasteiger partial charge >= 0.3 is 13.4 Å². The fourth-order valence-corrected chi connectivity index (χ4v) is 5.89. The summed E-state index contributed by atoms with van der Waals surface area (Å²) in [5, 5.41) is 6.12. The van der Waals surface area contributed by atoms with Gasteiger partial charge in [-0.1, -0.05) is 147 Å². The Bertz CT molecular complexity index is 993. The van der Waals surface area contributed by atoms with E-state index in [-0.39, 0.29) is 109 Å². The third kappa shape index (κ3) is 20.3. The van der Waals surface area contributed by atoms with Crippen LogP contribution in [-0.4, -0.2) is 24.7 Å².